The molecule has 0 saturated heterocycles. The van der Waals surface area contributed by atoms with Crippen molar-refractivity contribution in [2.24, 2.45) is 5.41 Å². The first-order valence-corrected chi connectivity index (χ1v) is 4.29. The highest BCUT2D eigenvalue weighted by Gasteiger charge is 2.34. The lowest BCUT2D eigenvalue weighted by atomic mass is 9.83. The molecular formula is C10H14N2O. The van der Waals surface area contributed by atoms with Gasteiger partial charge in [0.15, 0.2) is 0 Å². The van der Waals surface area contributed by atoms with Crippen LogP contribution in [0.5, 0.6) is 0 Å². The summed E-state index contributed by atoms with van der Waals surface area (Å²) in [5.41, 5.74) is -0.906. The molecule has 0 fully saturated rings. The number of terminal acetylenes is 1. The molecule has 1 N–H and O–H groups in total. The number of amides is 1. The Morgan fingerprint density at radius 2 is 2.08 bits per heavy atom. The van der Waals surface area contributed by atoms with E-state index in [1.54, 1.807) is 0 Å². The highest BCUT2D eigenvalue weighted by Crippen LogP contribution is 2.25. The van der Waals surface area contributed by atoms with Gasteiger partial charge in [-0.05, 0) is 12.8 Å². The fraction of sp³-hybridized carbons (Fsp3) is 0.600. The number of rotatable bonds is 4. The number of hydrogen-bond donors (Lipinski definition) is 1. The van der Waals surface area contributed by atoms with Crippen LogP contribution in [0.2, 0.25) is 0 Å². The second-order valence-electron chi connectivity index (χ2n) is 2.79. The summed E-state index contributed by atoms with van der Waals surface area (Å²) in [6, 6.07) is 2.04. The number of nitriles is 1. The molecule has 3 nitrogen and oxygen atoms in total. The van der Waals surface area contributed by atoms with Gasteiger partial charge in [-0.1, -0.05) is 19.8 Å². The van der Waals surface area contributed by atoms with Gasteiger partial charge >= 0.3 is 0 Å². The van der Waals surface area contributed by atoms with Crippen LogP contribution in [0.3, 0.4) is 0 Å². The Kier molecular flexibility index (Phi) is 4.62. The van der Waals surface area contributed by atoms with Gasteiger partial charge in [0.1, 0.15) is 5.41 Å². The Hall–Kier alpha value is -1.48. The summed E-state index contributed by atoms with van der Waals surface area (Å²) in [6.45, 7) is 3.83. The van der Waals surface area contributed by atoms with Crippen LogP contribution < -0.4 is 5.32 Å². The van der Waals surface area contributed by atoms with E-state index in [0.29, 0.717) is 12.8 Å². The maximum atomic E-state index is 11.5. The third-order valence-corrected chi connectivity index (χ3v) is 2.21. The van der Waals surface area contributed by atoms with Crippen LogP contribution >= 0.6 is 0 Å². The lowest BCUT2D eigenvalue weighted by Crippen LogP contribution is -2.39. The van der Waals surface area contributed by atoms with Gasteiger partial charge in [-0.3, -0.25) is 4.79 Å². The third kappa shape index (κ3) is 2.49. The normalized spacial score (nSPS) is 9.85. The first kappa shape index (κ1) is 11.5. The summed E-state index contributed by atoms with van der Waals surface area (Å²) in [5, 5.41) is 11.4. The van der Waals surface area contributed by atoms with Crippen molar-refractivity contribution in [2.45, 2.75) is 26.7 Å². The fourth-order valence-corrected chi connectivity index (χ4v) is 1.08. The molecule has 3 heteroatoms. The molecule has 0 unspecified atom stereocenters. The SMILES string of the molecule is C#CCNC(=O)C(C#N)(CC)CC. The quantitative estimate of drug-likeness (QED) is 0.654. The summed E-state index contributed by atoms with van der Waals surface area (Å²) in [4.78, 5) is 11.5. The highest BCUT2D eigenvalue weighted by molar-refractivity contribution is 5.85. The lowest BCUT2D eigenvalue weighted by Gasteiger charge is -2.21. The summed E-state index contributed by atoms with van der Waals surface area (Å²) in [6.07, 6.45) is 6.02. The predicted octanol–water partition coefficient (Wildman–Crippen LogP) is 1.07. The van der Waals surface area contributed by atoms with Gasteiger partial charge in [-0.25, -0.2) is 0 Å². The highest BCUT2D eigenvalue weighted by atomic mass is 16.2. The van der Waals surface area contributed by atoms with E-state index < -0.39 is 5.41 Å². The number of carbonyl (C=O) groups excluding carboxylic acids is 1. The van der Waals surface area contributed by atoms with Crippen LogP contribution in [0.15, 0.2) is 0 Å². The Labute approximate surface area is 79.1 Å². The zero-order chi connectivity index (χ0) is 10.3. The Balaban J connectivity index is 4.49. The fourth-order valence-electron chi connectivity index (χ4n) is 1.08. The lowest BCUT2D eigenvalue weighted by molar-refractivity contribution is -0.128. The van der Waals surface area contributed by atoms with Crippen molar-refractivity contribution in [3.63, 3.8) is 0 Å². The molecule has 0 spiro atoms. The topological polar surface area (TPSA) is 52.9 Å². The van der Waals surface area contributed by atoms with Gasteiger partial charge in [0.05, 0.1) is 12.6 Å². The molecule has 70 valence electrons. The Bertz CT molecular complexity index is 253. The van der Waals surface area contributed by atoms with Gasteiger partial charge in [-0.2, -0.15) is 5.26 Å². The van der Waals surface area contributed by atoms with E-state index in [9.17, 15) is 4.79 Å². The molecule has 0 atom stereocenters. The molecular weight excluding hydrogens is 164 g/mol. The van der Waals surface area contributed by atoms with E-state index >= 15 is 0 Å². The monoisotopic (exact) mass is 178 g/mol. The van der Waals surface area contributed by atoms with Gasteiger partial charge in [0.2, 0.25) is 5.91 Å². The first-order chi connectivity index (χ1) is 6.16. The average Bonchev–Trinajstić information content (AvgIpc) is 2.18. The van der Waals surface area contributed by atoms with Crippen molar-refractivity contribution in [1.29, 1.82) is 5.26 Å². The van der Waals surface area contributed by atoms with Gasteiger partial charge in [0, 0.05) is 0 Å². The molecule has 0 saturated carbocycles. The molecule has 0 aliphatic rings. The summed E-state index contributed by atoms with van der Waals surface area (Å²) >= 11 is 0. The Morgan fingerprint density at radius 3 is 2.38 bits per heavy atom. The minimum Gasteiger partial charge on any atom is -0.344 e. The van der Waals surface area contributed by atoms with Crippen LogP contribution in [0.1, 0.15) is 26.7 Å². The Morgan fingerprint density at radius 1 is 1.54 bits per heavy atom. The number of hydrogen-bond acceptors (Lipinski definition) is 2. The van der Waals surface area contributed by atoms with E-state index in [0.717, 1.165) is 0 Å². The minimum atomic E-state index is -0.906. The number of carbonyl (C=O) groups is 1. The largest absolute Gasteiger partial charge is 0.344 e. The third-order valence-electron chi connectivity index (χ3n) is 2.21. The molecule has 0 aromatic rings. The van der Waals surface area contributed by atoms with Crippen molar-refractivity contribution < 1.29 is 4.79 Å². The van der Waals surface area contributed by atoms with Crippen LogP contribution in [0, 0.1) is 29.1 Å². The van der Waals surface area contributed by atoms with E-state index in [4.69, 9.17) is 11.7 Å². The molecule has 0 aromatic heterocycles. The van der Waals surface area contributed by atoms with Crippen LogP contribution in [-0.2, 0) is 4.79 Å². The predicted molar refractivity (Wildman–Crippen MR) is 50.5 cm³/mol. The molecule has 0 radical (unpaired) electrons. The van der Waals surface area contributed by atoms with E-state index in [1.807, 2.05) is 19.9 Å². The molecule has 0 rings (SSSR count). The molecule has 1 amide bonds. The first-order valence-electron chi connectivity index (χ1n) is 4.29. The van der Waals surface area contributed by atoms with E-state index in [-0.39, 0.29) is 12.5 Å². The molecule has 13 heavy (non-hydrogen) atoms. The molecule has 0 aliphatic carbocycles. The maximum absolute atomic E-state index is 11.5. The van der Waals surface area contributed by atoms with E-state index in [1.165, 1.54) is 0 Å². The van der Waals surface area contributed by atoms with Crippen LogP contribution in [0.4, 0.5) is 0 Å². The van der Waals surface area contributed by atoms with E-state index in [2.05, 4.69) is 11.2 Å². The molecule has 0 aliphatic heterocycles. The van der Waals surface area contributed by atoms with Crippen molar-refractivity contribution in [3.05, 3.63) is 0 Å². The number of nitrogens with one attached hydrogen (secondary N) is 1. The van der Waals surface area contributed by atoms with Crippen LogP contribution in [-0.4, -0.2) is 12.5 Å². The molecule has 0 bridgehead atoms. The van der Waals surface area contributed by atoms with Crippen molar-refractivity contribution in [3.8, 4) is 18.4 Å². The minimum absolute atomic E-state index is 0.183. The summed E-state index contributed by atoms with van der Waals surface area (Å²) < 4.78 is 0. The van der Waals surface area contributed by atoms with Gasteiger partial charge in [-0.15, -0.1) is 6.42 Å². The smallest absolute Gasteiger partial charge is 0.241 e. The van der Waals surface area contributed by atoms with Crippen molar-refractivity contribution in [1.82, 2.24) is 5.32 Å². The molecule has 0 aromatic carbocycles. The molecule has 0 heterocycles. The van der Waals surface area contributed by atoms with Crippen LogP contribution in [0.25, 0.3) is 0 Å². The zero-order valence-electron chi connectivity index (χ0n) is 8.05. The standard InChI is InChI=1S/C10H14N2O/c1-4-7-12-9(13)10(5-2,6-3)8-11/h1H,5-7H2,2-3H3,(H,12,13). The second kappa shape index (κ2) is 5.22. The van der Waals surface area contributed by atoms with Crippen molar-refractivity contribution in [2.75, 3.05) is 6.54 Å². The average molecular weight is 178 g/mol. The summed E-state index contributed by atoms with van der Waals surface area (Å²) in [7, 11) is 0. The number of nitrogens with zero attached hydrogens (tertiary/aromatic N) is 1. The van der Waals surface area contributed by atoms with Crippen molar-refractivity contribution >= 4 is 5.91 Å². The second-order valence-corrected chi connectivity index (χ2v) is 2.79. The summed E-state index contributed by atoms with van der Waals surface area (Å²) in [5.74, 6) is 2.04. The zero-order valence-corrected chi connectivity index (χ0v) is 8.05. The van der Waals surface area contributed by atoms with Gasteiger partial charge in [0.25, 0.3) is 0 Å². The van der Waals surface area contributed by atoms with Gasteiger partial charge < -0.3 is 5.32 Å². The maximum Gasteiger partial charge on any atom is 0.241 e.